The van der Waals surface area contributed by atoms with Gasteiger partial charge < -0.3 is 9.32 Å². The highest BCUT2D eigenvalue weighted by molar-refractivity contribution is 6.07. The molecule has 1 aromatic heterocycles. The van der Waals surface area contributed by atoms with Crippen molar-refractivity contribution in [2.75, 3.05) is 4.90 Å². The molecule has 2 heteroatoms. The fraction of sp³-hybridized carbons (Fsp3) is 0. The first-order valence-electron chi connectivity index (χ1n) is 17.0. The quantitative estimate of drug-likeness (QED) is 0.173. The van der Waals surface area contributed by atoms with E-state index in [4.69, 9.17) is 4.42 Å². The summed E-state index contributed by atoms with van der Waals surface area (Å²) >= 11 is 0. The van der Waals surface area contributed by atoms with Gasteiger partial charge in [0.1, 0.15) is 11.3 Å². The highest BCUT2D eigenvalue weighted by Crippen LogP contribution is 2.45. The summed E-state index contributed by atoms with van der Waals surface area (Å²) in [5, 5.41) is 3.47. The lowest BCUT2D eigenvalue weighted by Gasteiger charge is -2.29. The van der Waals surface area contributed by atoms with Gasteiger partial charge in [0.15, 0.2) is 0 Å². The molecule has 2 nitrogen and oxygen atoms in total. The normalized spacial score (nSPS) is 11.2. The van der Waals surface area contributed by atoms with Crippen LogP contribution < -0.4 is 4.90 Å². The molecule has 9 aromatic rings. The van der Waals surface area contributed by atoms with Crippen LogP contribution in [0.1, 0.15) is 0 Å². The summed E-state index contributed by atoms with van der Waals surface area (Å²) in [7, 11) is 0. The second kappa shape index (κ2) is 12.8. The second-order valence-corrected chi connectivity index (χ2v) is 12.5. The molecule has 1 heterocycles. The van der Waals surface area contributed by atoms with Crippen molar-refractivity contribution in [2.45, 2.75) is 0 Å². The lowest BCUT2D eigenvalue weighted by molar-refractivity contribution is 0.631. The summed E-state index contributed by atoms with van der Waals surface area (Å²) in [6.45, 7) is 0. The van der Waals surface area contributed by atoms with Crippen LogP contribution >= 0.6 is 0 Å². The predicted octanol–water partition coefficient (Wildman–Crippen LogP) is 13.7. The number of hydrogen-bond acceptors (Lipinski definition) is 2. The lowest BCUT2D eigenvalue weighted by atomic mass is 9.94. The molecule has 0 aliphatic heterocycles. The van der Waals surface area contributed by atoms with Gasteiger partial charge in [0, 0.05) is 27.6 Å². The Balaban J connectivity index is 1.21. The van der Waals surface area contributed by atoms with Gasteiger partial charge in [0.2, 0.25) is 0 Å². The van der Waals surface area contributed by atoms with Gasteiger partial charge in [-0.15, -0.1) is 0 Å². The van der Waals surface area contributed by atoms with Crippen molar-refractivity contribution < 1.29 is 4.42 Å². The zero-order valence-corrected chi connectivity index (χ0v) is 27.4. The zero-order chi connectivity index (χ0) is 33.3. The maximum atomic E-state index is 6.26. The maximum Gasteiger partial charge on any atom is 0.135 e. The molecule has 0 amide bonds. The summed E-state index contributed by atoms with van der Waals surface area (Å²) < 4.78 is 6.26. The van der Waals surface area contributed by atoms with Crippen LogP contribution in [0.3, 0.4) is 0 Å². The van der Waals surface area contributed by atoms with Crippen LogP contribution in [0.5, 0.6) is 0 Å². The van der Waals surface area contributed by atoms with Gasteiger partial charge in [-0.2, -0.15) is 0 Å². The molecule has 0 radical (unpaired) electrons. The Labute approximate surface area is 292 Å². The number of anilines is 3. The van der Waals surface area contributed by atoms with E-state index < -0.39 is 0 Å². The number of benzene rings is 8. The molecule has 8 aromatic carbocycles. The lowest BCUT2D eigenvalue weighted by Crippen LogP contribution is -2.12. The molecule has 0 aliphatic carbocycles. The molecular weight excluding hydrogens is 607 g/mol. The van der Waals surface area contributed by atoms with E-state index in [1.807, 2.05) is 18.2 Å². The van der Waals surface area contributed by atoms with Crippen molar-refractivity contribution >= 4 is 38.8 Å². The molecule has 0 bridgehead atoms. The van der Waals surface area contributed by atoms with Crippen molar-refractivity contribution in [3.05, 3.63) is 200 Å². The zero-order valence-electron chi connectivity index (χ0n) is 27.4. The predicted molar refractivity (Wildman–Crippen MR) is 210 cm³/mol. The van der Waals surface area contributed by atoms with Gasteiger partial charge in [-0.05, 0) is 75.7 Å². The third kappa shape index (κ3) is 5.43. The van der Waals surface area contributed by atoms with Crippen molar-refractivity contribution in [2.24, 2.45) is 0 Å². The molecule has 0 spiro atoms. The smallest absolute Gasteiger partial charge is 0.135 e. The van der Waals surface area contributed by atoms with Crippen molar-refractivity contribution in [1.29, 1.82) is 0 Å². The molecule has 0 saturated heterocycles. The average Bonchev–Trinajstić information content (AvgIpc) is 3.64. The second-order valence-electron chi connectivity index (χ2n) is 12.5. The molecule has 0 unspecified atom stereocenters. The van der Waals surface area contributed by atoms with E-state index in [1.165, 1.54) is 38.6 Å². The highest BCUT2D eigenvalue weighted by atomic mass is 16.3. The monoisotopic (exact) mass is 639 g/mol. The van der Waals surface area contributed by atoms with Gasteiger partial charge in [-0.3, -0.25) is 0 Å². The summed E-state index contributed by atoms with van der Waals surface area (Å²) in [5.41, 5.74) is 12.4. The van der Waals surface area contributed by atoms with Gasteiger partial charge in [-0.1, -0.05) is 158 Å². The van der Waals surface area contributed by atoms with Crippen LogP contribution in [0.2, 0.25) is 0 Å². The van der Waals surface area contributed by atoms with E-state index in [2.05, 4.69) is 187 Å². The van der Waals surface area contributed by atoms with E-state index >= 15 is 0 Å². The number of furan rings is 1. The van der Waals surface area contributed by atoms with Crippen molar-refractivity contribution in [3.63, 3.8) is 0 Å². The largest absolute Gasteiger partial charge is 0.456 e. The van der Waals surface area contributed by atoms with Gasteiger partial charge in [0.05, 0.1) is 11.4 Å². The van der Waals surface area contributed by atoms with Crippen LogP contribution in [0, 0.1) is 0 Å². The molecule has 50 heavy (non-hydrogen) atoms. The van der Waals surface area contributed by atoms with Gasteiger partial charge in [0.25, 0.3) is 0 Å². The number of fused-ring (bicyclic) bond motifs is 2. The van der Waals surface area contributed by atoms with Crippen molar-refractivity contribution in [3.8, 4) is 44.7 Å². The Morgan fingerprint density at radius 1 is 0.340 bits per heavy atom. The number of nitrogens with zero attached hydrogens (tertiary/aromatic N) is 1. The molecule has 0 atom stereocenters. The van der Waals surface area contributed by atoms with Crippen LogP contribution in [0.4, 0.5) is 17.1 Å². The summed E-state index contributed by atoms with van der Waals surface area (Å²) in [6.07, 6.45) is 0. The Morgan fingerprint density at radius 3 is 1.76 bits per heavy atom. The molecule has 0 N–H and O–H groups in total. The molecule has 9 rings (SSSR count). The first-order chi connectivity index (χ1) is 24.8. The van der Waals surface area contributed by atoms with Crippen LogP contribution in [-0.2, 0) is 0 Å². The van der Waals surface area contributed by atoms with Crippen molar-refractivity contribution in [1.82, 2.24) is 0 Å². The SMILES string of the molecule is c1ccc(-c2ccc(N(c3ccccc3-c3ccccc3)c3ccc(-c4cccc(-c5cc6ccccc6o5)c4)c4ccccc34)cc2)cc1. The number of rotatable bonds is 7. The number of para-hydroxylation sites is 2. The standard InChI is InChI=1S/C48H33NO/c1-3-14-34(15-4-1)35-26-28-40(29-27-35)49(45-24-11-10-21-42(45)36-16-5-2-6-17-36)46-31-30-41(43-22-8-9-23-44(43)46)37-19-13-20-38(32-37)48-33-39-18-7-12-25-47(39)50-48/h1-33H. The van der Waals surface area contributed by atoms with Crippen LogP contribution in [-0.4, -0.2) is 0 Å². The minimum atomic E-state index is 0.872. The Hall–Kier alpha value is -6.64. The maximum absolute atomic E-state index is 6.26. The van der Waals surface area contributed by atoms with Gasteiger partial charge >= 0.3 is 0 Å². The minimum Gasteiger partial charge on any atom is -0.456 e. The highest BCUT2D eigenvalue weighted by Gasteiger charge is 2.20. The summed E-state index contributed by atoms with van der Waals surface area (Å²) in [4.78, 5) is 2.41. The summed E-state index contributed by atoms with van der Waals surface area (Å²) in [5.74, 6) is 0.872. The summed E-state index contributed by atoms with van der Waals surface area (Å²) in [6, 6.07) is 71.1. The average molecular weight is 640 g/mol. The first-order valence-corrected chi connectivity index (χ1v) is 17.0. The number of hydrogen-bond donors (Lipinski definition) is 0. The topological polar surface area (TPSA) is 16.4 Å². The van der Waals surface area contributed by atoms with Gasteiger partial charge in [-0.25, -0.2) is 0 Å². The molecule has 0 aliphatic rings. The molecular formula is C48H33NO. The molecule has 0 fully saturated rings. The van der Waals surface area contributed by atoms with E-state index in [9.17, 15) is 0 Å². The van der Waals surface area contributed by atoms with E-state index in [0.717, 1.165) is 44.9 Å². The van der Waals surface area contributed by atoms with Crippen LogP contribution in [0.15, 0.2) is 205 Å². The van der Waals surface area contributed by atoms with E-state index in [1.54, 1.807) is 0 Å². The Kier molecular flexibility index (Phi) is 7.53. The van der Waals surface area contributed by atoms with Crippen LogP contribution in [0.25, 0.3) is 66.4 Å². The third-order valence-corrected chi connectivity index (χ3v) is 9.49. The van der Waals surface area contributed by atoms with E-state index in [-0.39, 0.29) is 0 Å². The minimum absolute atomic E-state index is 0.872. The van der Waals surface area contributed by atoms with E-state index in [0.29, 0.717) is 0 Å². The Bertz CT molecular complexity index is 2550. The Morgan fingerprint density at radius 2 is 0.960 bits per heavy atom. The fourth-order valence-corrected chi connectivity index (χ4v) is 7.07. The first kappa shape index (κ1) is 29.5. The fourth-order valence-electron chi connectivity index (χ4n) is 7.07. The molecule has 236 valence electrons. The third-order valence-electron chi connectivity index (χ3n) is 9.49. The molecule has 0 saturated carbocycles.